The number of halogens is 1. The number of hydrogen-bond acceptors (Lipinski definition) is 6. The van der Waals surface area contributed by atoms with E-state index in [1.54, 1.807) is 44.4 Å². The van der Waals surface area contributed by atoms with Crippen molar-refractivity contribution >= 4 is 32.6 Å². The Morgan fingerprint density at radius 1 is 1.23 bits per heavy atom. The zero-order valence-corrected chi connectivity index (χ0v) is 17.2. The molecule has 1 aromatic carbocycles. The molecule has 0 N–H and O–H groups in total. The van der Waals surface area contributed by atoms with E-state index in [1.807, 2.05) is 6.07 Å². The van der Waals surface area contributed by atoms with E-state index in [-0.39, 0.29) is 30.1 Å². The van der Waals surface area contributed by atoms with Crippen molar-refractivity contribution in [3.05, 3.63) is 82.0 Å². The predicted molar refractivity (Wildman–Crippen MR) is 113 cm³/mol. The zero-order chi connectivity index (χ0) is 21.3. The minimum Gasteiger partial charge on any atom is -0.289 e. The zero-order valence-electron chi connectivity index (χ0n) is 16.4. The molecule has 0 fully saturated rings. The van der Waals surface area contributed by atoms with Crippen molar-refractivity contribution in [1.82, 2.24) is 19.5 Å². The molecule has 0 spiro atoms. The summed E-state index contributed by atoms with van der Waals surface area (Å²) in [4.78, 5) is 39.8. The van der Waals surface area contributed by atoms with Gasteiger partial charge in [-0.15, -0.1) is 0 Å². The molecule has 3 heterocycles. The largest absolute Gasteiger partial charge is 0.289 e. The molecule has 152 valence electrons. The van der Waals surface area contributed by atoms with Gasteiger partial charge in [0, 0.05) is 23.7 Å². The minimum atomic E-state index is -0.446. The fraction of sp³-hybridized carbons (Fsp3) is 0.190. The highest BCUT2D eigenvalue weighted by atomic mass is 32.1. The number of hydrogen-bond donors (Lipinski definition) is 0. The van der Waals surface area contributed by atoms with Gasteiger partial charge < -0.3 is 0 Å². The molecule has 0 bridgehead atoms. The summed E-state index contributed by atoms with van der Waals surface area (Å²) in [5.74, 6) is -0.802. The lowest BCUT2D eigenvalue weighted by atomic mass is 10.2. The molecule has 30 heavy (non-hydrogen) atoms. The molecule has 0 saturated heterocycles. The van der Waals surface area contributed by atoms with Crippen LogP contribution in [0.15, 0.2) is 53.8 Å². The van der Waals surface area contributed by atoms with Gasteiger partial charge in [0.15, 0.2) is 5.13 Å². The first-order valence-corrected chi connectivity index (χ1v) is 10.0. The summed E-state index contributed by atoms with van der Waals surface area (Å²) in [6.07, 6.45) is 4.66. The molecule has 9 heteroatoms. The predicted octanol–water partition coefficient (Wildman–Crippen LogP) is 3.24. The SMILES string of the molecule is Cc1ncn(CC(=O)N(Cc2cccnc2)c2nc3c(F)cccc3s2)c(=O)c1C. The summed E-state index contributed by atoms with van der Waals surface area (Å²) in [6.45, 7) is 3.41. The maximum Gasteiger partial charge on any atom is 0.256 e. The van der Waals surface area contributed by atoms with Crippen LogP contribution in [0.5, 0.6) is 0 Å². The lowest BCUT2D eigenvalue weighted by Gasteiger charge is -2.20. The van der Waals surface area contributed by atoms with Crippen LogP contribution in [-0.2, 0) is 17.9 Å². The van der Waals surface area contributed by atoms with Crippen molar-refractivity contribution in [2.75, 3.05) is 4.90 Å². The number of carbonyl (C=O) groups is 1. The summed E-state index contributed by atoms with van der Waals surface area (Å²) in [5, 5.41) is 0.355. The van der Waals surface area contributed by atoms with Crippen molar-refractivity contribution in [2.24, 2.45) is 0 Å². The smallest absolute Gasteiger partial charge is 0.256 e. The summed E-state index contributed by atoms with van der Waals surface area (Å²) in [5.41, 5.74) is 1.85. The second-order valence-electron chi connectivity index (χ2n) is 6.81. The molecule has 0 aliphatic carbocycles. The number of nitrogens with zero attached hydrogens (tertiary/aromatic N) is 5. The van der Waals surface area contributed by atoms with Gasteiger partial charge in [0.2, 0.25) is 5.91 Å². The first-order valence-electron chi connectivity index (χ1n) is 9.21. The number of amides is 1. The Labute approximate surface area is 175 Å². The molecule has 0 radical (unpaired) electrons. The Balaban J connectivity index is 1.73. The van der Waals surface area contributed by atoms with E-state index in [9.17, 15) is 14.0 Å². The lowest BCUT2D eigenvalue weighted by Crippen LogP contribution is -2.37. The summed E-state index contributed by atoms with van der Waals surface area (Å²) in [6, 6.07) is 8.30. The van der Waals surface area contributed by atoms with E-state index in [2.05, 4.69) is 15.0 Å². The number of para-hydroxylation sites is 1. The van der Waals surface area contributed by atoms with Gasteiger partial charge in [-0.1, -0.05) is 23.5 Å². The van der Waals surface area contributed by atoms with Crippen molar-refractivity contribution in [3.63, 3.8) is 0 Å². The minimum absolute atomic E-state index is 0.196. The van der Waals surface area contributed by atoms with Crippen LogP contribution in [0.3, 0.4) is 0 Å². The number of aromatic nitrogens is 4. The fourth-order valence-corrected chi connectivity index (χ4v) is 3.97. The average molecular weight is 423 g/mol. The molecule has 1 amide bonds. The molecule has 0 aliphatic rings. The number of pyridine rings is 1. The fourth-order valence-electron chi connectivity index (χ4n) is 2.97. The van der Waals surface area contributed by atoms with Crippen molar-refractivity contribution in [3.8, 4) is 0 Å². The highest BCUT2D eigenvalue weighted by molar-refractivity contribution is 7.22. The van der Waals surface area contributed by atoms with E-state index in [0.29, 0.717) is 21.1 Å². The van der Waals surface area contributed by atoms with Gasteiger partial charge in [0.05, 0.1) is 17.6 Å². The Bertz CT molecular complexity index is 1290. The van der Waals surface area contributed by atoms with Crippen LogP contribution in [0.25, 0.3) is 10.2 Å². The highest BCUT2D eigenvalue weighted by Gasteiger charge is 2.22. The first-order chi connectivity index (χ1) is 14.4. The quantitative estimate of drug-likeness (QED) is 0.492. The van der Waals surface area contributed by atoms with Crippen molar-refractivity contribution in [1.29, 1.82) is 0 Å². The summed E-state index contributed by atoms with van der Waals surface area (Å²) in [7, 11) is 0. The van der Waals surface area contributed by atoms with Crippen LogP contribution >= 0.6 is 11.3 Å². The number of fused-ring (bicyclic) bond motifs is 1. The molecular formula is C21H18FN5O2S. The van der Waals surface area contributed by atoms with Gasteiger partial charge in [-0.25, -0.2) is 14.4 Å². The third-order valence-corrected chi connectivity index (χ3v) is 5.82. The lowest BCUT2D eigenvalue weighted by molar-refractivity contribution is -0.119. The van der Waals surface area contributed by atoms with Crippen LogP contribution in [-0.4, -0.2) is 25.4 Å². The summed E-state index contributed by atoms with van der Waals surface area (Å²) < 4.78 is 16.1. The van der Waals surface area contributed by atoms with E-state index in [0.717, 1.165) is 5.56 Å². The van der Waals surface area contributed by atoms with Crippen LogP contribution in [0, 0.1) is 19.7 Å². The number of thiazole rings is 1. The molecule has 3 aromatic heterocycles. The molecular weight excluding hydrogens is 405 g/mol. The highest BCUT2D eigenvalue weighted by Crippen LogP contribution is 2.31. The van der Waals surface area contributed by atoms with Crippen LogP contribution in [0.1, 0.15) is 16.8 Å². The van der Waals surface area contributed by atoms with Gasteiger partial charge in [-0.05, 0) is 37.6 Å². The normalized spacial score (nSPS) is 11.0. The maximum absolute atomic E-state index is 14.1. The molecule has 0 saturated carbocycles. The number of carbonyl (C=O) groups excluding carboxylic acids is 1. The van der Waals surface area contributed by atoms with Crippen molar-refractivity contribution < 1.29 is 9.18 Å². The second-order valence-corrected chi connectivity index (χ2v) is 7.82. The van der Waals surface area contributed by atoms with Crippen LogP contribution in [0.4, 0.5) is 9.52 Å². The molecule has 0 unspecified atom stereocenters. The van der Waals surface area contributed by atoms with Gasteiger partial charge >= 0.3 is 0 Å². The van der Waals surface area contributed by atoms with Gasteiger partial charge in [-0.2, -0.15) is 0 Å². The Morgan fingerprint density at radius 2 is 2.07 bits per heavy atom. The molecule has 0 atom stereocenters. The third-order valence-electron chi connectivity index (χ3n) is 4.77. The average Bonchev–Trinajstić information content (AvgIpc) is 3.18. The van der Waals surface area contributed by atoms with Crippen LogP contribution < -0.4 is 10.5 Å². The number of rotatable bonds is 5. The Morgan fingerprint density at radius 3 is 2.80 bits per heavy atom. The number of benzene rings is 1. The van der Waals surface area contributed by atoms with Crippen molar-refractivity contribution in [2.45, 2.75) is 26.9 Å². The molecule has 7 nitrogen and oxygen atoms in total. The molecule has 4 aromatic rings. The number of anilines is 1. The van der Waals surface area contributed by atoms with Gasteiger partial charge in [0.1, 0.15) is 17.9 Å². The topological polar surface area (TPSA) is 81.0 Å². The monoisotopic (exact) mass is 423 g/mol. The standard InChI is InChI=1S/C21H18FN5O2S/c1-13-14(2)24-12-26(20(13)29)11-18(28)27(10-15-5-4-8-23-9-15)21-25-19-16(22)6-3-7-17(19)30-21/h3-9,12H,10-11H2,1-2H3. The van der Waals surface area contributed by atoms with E-state index < -0.39 is 5.82 Å². The first kappa shape index (κ1) is 19.8. The van der Waals surface area contributed by atoms with Gasteiger partial charge in [0.25, 0.3) is 5.56 Å². The molecule has 4 rings (SSSR count). The maximum atomic E-state index is 14.1. The van der Waals surface area contributed by atoms with E-state index in [1.165, 1.54) is 33.2 Å². The summed E-state index contributed by atoms with van der Waals surface area (Å²) >= 11 is 1.22. The van der Waals surface area contributed by atoms with Crippen LogP contribution in [0.2, 0.25) is 0 Å². The third kappa shape index (κ3) is 3.84. The Kier molecular flexibility index (Phi) is 5.37. The number of aryl methyl sites for hydroxylation is 1. The Hall–Kier alpha value is -3.46. The van der Waals surface area contributed by atoms with E-state index >= 15 is 0 Å². The molecule has 0 aliphatic heterocycles. The van der Waals surface area contributed by atoms with Gasteiger partial charge in [-0.3, -0.25) is 24.0 Å². The second kappa shape index (κ2) is 8.11. The van der Waals surface area contributed by atoms with E-state index in [4.69, 9.17) is 0 Å².